The van der Waals surface area contributed by atoms with Crippen molar-refractivity contribution in [1.82, 2.24) is 4.31 Å². The van der Waals surface area contributed by atoms with E-state index in [0.29, 0.717) is 29.8 Å². The normalized spacial score (nSPS) is 28.5. The van der Waals surface area contributed by atoms with Crippen LogP contribution in [0.25, 0.3) is 0 Å². The zero-order chi connectivity index (χ0) is 15.4. The molecule has 0 amide bonds. The molecule has 1 aromatic carbocycles. The Morgan fingerprint density at radius 2 is 1.68 bits per heavy atom. The zero-order valence-corrected chi connectivity index (χ0v) is 15.0. The molecule has 2 fully saturated rings. The van der Waals surface area contributed by atoms with Gasteiger partial charge in [-0.25, -0.2) is 8.42 Å². The summed E-state index contributed by atoms with van der Waals surface area (Å²) in [5.41, 5.74) is 8.91. The van der Waals surface area contributed by atoms with Gasteiger partial charge in [-0.1, -0.05) is 17.7 Å². The number of halogens is 1. The Morgan fingerprint density at radius 1 is 1.09 bits per heavy atom. The van der Waals surface area contributed by atoms with Gasteiger partial charge in [-0.15, -0.1) is 12.4 Å². The van der Waals surface area contributed by atoms with Crippen LogP contribution in [-0.4, -0.2) is 31.9 Å². The number of benzene rings is 1. The fraction of sp³-hybridized carbons (Fsp3) is 0.625. The minimum Gasteiger partial charge on any atom is -0.327 e. The van der Waals surface area contributed by atoms with E-state index in [9.17, 15) is 8.42 Å². The van der Waals surface area contributed by atoms with Gasteiger partial charge >= 0.3 is 0 Å². The van der Waals surface area contributed by atoms with Crippen LogP contribution in [0.3, 0.4) is 0 Å². The molecule has 3 rings (SSSR count). The van der Waals surface area contributed by atoms with Crippen LogP contribution in [0.4, 0.5) is 0 Å². The van der Waals surface area contributed by atoms with Gasteiger partial charge < -0.3 is 5.73 Å². The van der Waals surface area contributed by atoms with E-state index in [0.717, 1.165) is 29.5 Å². The van der Waals surface area contributed by atoms with Gasteiger partial charge in [-0.05, 0) is 56.6 Å². The van der Waals surface area contributed by atoms with E-state index in [4.69, 9.17) is 5.73 Å². The number of nitrogens with two attached hydrogens (primary N) is 1. The molecule has 2 N–H and O–H groups in total. The van der Waals surface area contributed by atoms with Crippen LogP contribution in [0.1, 0.15) is 29.5 Å². The van der Waals surface area contributed by atoms with Crippen molar-refractivity contribution >= 4 is 22.4 Å². The first kappa shape index (κ1) is 17.7. The molecule has 1 saturated carbocycles. The van der Waals surface area contributed by atoms with Crippen molar-refractivity contribution < 1.29 is 8.42 Å². The molecule has 1 heterocycles. The molecule has 124 valence electrons. The van der Waals surface area contributed by atoms with Crippen molar-refractivity contribution in [3.63, 3.8) is 0 Å². The second-order valence-electron chi connectivity index (χ2n) is 6.72. The molecule has 0 spiro atoms. The molecule has 1 aromatic rings. The third-order valence-corrected chi connectivity index (χ3v) is 7.22. The van der Waals surface area contributed by atoms with Crippen LogP contribution >= 0.6 is 12.4 Å². The molecule has 3 unspecified atom stereocenters. The molecule has 6 heteroatoms. The van der Waals surface area contributed by atoms with Crippen molar-refractivity contribution in [3.8, 4) is 0 Å². The SMILES string of the molecule is Cc1cc(C)c(S(=O)(=O)N2CC3CCC(N)C3C2)c(C)c1.Cl. The Hall–Kier alpha value is -0.620. The van der Waals surface area contributed by atoms with Crippen LogP contribution < -0.4 is 5.73 Å². The van der Waals surface area contributed by atoms with Gasteiger partial charge in [0.05, 0.1) is 4.90 Å². The summed E-state index contributed by atoms with van der Waals surface area (Å²) in [6.07, 6.45) is 2.09. The predicted octanol–water partition coefficient (Wildman–Crippen LogP) is 2.39. The standard InChI is InChI=1S/C16H24N2O2S.ClH/c1-10-6-11(2)16(12(3)7-10)21(19,20)18-8-13-4-5-15(17)14(13)9-18;/h6-7,13-15H,4-5,8-9,17H2,1-3H3;1H. The summed E-state index contributed by atoms with van der Waals surface area (Å²) in [4.78, 5) is 0.488. The van der Waals surface area contributed by atoms with Gasteiger partial charge in [-0.2, -0.15) is 4.31 Å². The molecule has 0 radical (unpaired) electrons. The van der Waals surface area contributed by atoms with E-state index in [2.05, 4.69) is 0 Å². The highest BCUT2D eigenvalue weighted by Crippen LogP contribution is 2.40. The molecule has 1 aliphatic heterocycles. The second-order valence-corrected chi connectivity index (χ2v) is 8.59. The Balaban J connectivity index is 0.00000176. The van der Waals surface area contributed by atoms with E-state index in [1.54, 1.807) is 4.31 Å². The van der Waals surface area contributed by atoms with E-state index in [-0.39, 0.29) is 18.4 Å². The highest BCUT2D eigenvalue weighted by molar-refractivity contribution is 7.89. The third-order valence-electron chi connectivity index (χ3n) is 5.08. The van der Waals surface area contributed by atoms with Crippen molar-refractivity contribution in [3.05, 3.63) is 28.8 Å². The van der Waals surface area contributed by atoms with Gasteiger partial charge in [0.25, 0.3) is 0 Å². The summed E-state index contributed by atoms with van der Waals surface area (Å²) < 4.78 is 27.7. The molecule has 0 aromatic heterocycles. The number of fused-ring (bicyclic) bond motifs is 1. The topological polar surface area (TPSA) is 63.4 Å². The van der Waals surface area contributed by atoms with Crippen LogP contribution in [0.5, 0.6) is 0 Å². The first-order chi connectivity index (χ1) is 9.80. The van der Waals surface area contributed by atoms with Gasteiger partial charge in [0.1, 0.15) is 0 Å². The molecule has 0 bridgehead atoms. The fourth-order valence-electron chi connectivity index (χ4n) is 4.17. The van der Waals surface area contributed by atoms with Crippen LogP contribution in [0.15, 0.2) is 17.0 Å². The van der Waals surface area contributed by atoms with Crippen molar-refractivity contribution in [2.24, 2.45) is 17.6 Å². The van der Waals surface area contributed by atoms with Crippen LogP contribution in [0.2, 0.25) is 0 Å². The predicted molar refractivity (Wildman–Crippen MR) is 90.8 cm³/mol. The smallest absolute Gasteiger partial charge is 0.243 e. The van der Waals surface area contributed by atoms with Crippen LogP contribution in [0, 0.1) is 32.6 Å². The lowest BCUT2D eigenvalue weighted by Crippen LogP contribution is -2.34. The lowest BCUT2D eigenvalue weighted by atomic mass is 9.98. The maximum Gasteiger partial charge on any atom is 0.243 e. The second kappa shape index (κ2) is 6.11. The van der Waals surface area contributed by atoms with Crippen molar-refractivity contribution in [2.75, 3.05) is 13.1 Å². The summed E-state index contributed by atoms with van der Waals surface area (Å²) in [5, 5.41) is 0. The molecule has 22 heavy (non-hydrogen) atoms. The summed E-state index contributed by atoms with van der Waals surface area (Å²) >= 11 is 0. The molecule has 4 nitrogen and oxygen atoms in total. The number of rotatable bonds is 2. The number of nitrogens with zero attached hydrogens (tertiary/aromatic N) is 1. The van der Waals surface area contributed by atoms with E-state index < -0.39 is 10.0 Å². The van der Waals surface area contributed by atoms with Gasteiger partial charge in [0, 0.05) is 19.1 Å². The molecule has 1 aliphatic carbocycles. The Morgan fingerprint density at radius 3 is 2.23 bits per heavy atom. The quantitative estimate of drug-likeness (QED) is 0.896. The number of sulfonamides is 1. The first-order valence-electron chi connectivity index (χ1n) is 7.64. The third kappa shape index (κ3) is 2.80. The van der Waals surface area contributed by atoms with E-state index >= 15 is 0 Å². The monoisotopic (exact) mass is 344 g/mol. The Bertz CT molecular complexity index is 652. The highest BCUT2D eigenvalue weighted by Gasteiger charge is 2.45. The number of aryl methyl sites for hydroxylation is 3. The number of hydrogen-bond donors (Lipinski definition) is 1. The summed E-state index contributed by atoms with van der Waals surface area (Å²) in [6.45, 7) is 6.98. The number of hydrogen-bond acceptors (Lipinski definition) is 3. The zero-order valence-electron chi connectivity index (χ0n) is 13.4. The molecular formula is C16H25ClN2O2S. The van der Waals surface area contributed by atoms with Gasteiger partial charge in [0.15, 0.2) is 0 Å². The summed E-state index contributed by atoms with van der Waals surface area (Å²) in [5.74, 6) is 0.784. The summed E-state index contributed by atoms with van der Waals surface area (Å²) in [7, 11) is -3.40. The highest BCUT2D eigenvalue weighted by atomic mass is 35.5. The maximum atomic E-state index is 13.0. The fourth-order valence-corrected chi connectivity index (χ4v) is 6.11. The minimum absolute atomic E-state index is 0. The Labute approximate surface area is 139 Å². The minimum atomic E-state index is -3.40. The van der Waals surface area contributed by atoms with Crippen LogP contribution in [-0.2, 0) is 10.0 Å². The van der Waals surface area contributed by atoms with Gasteiger partial charge in [0.2, 0.25) is 10.0 Å². The summed E-state index contributed by atoms with van der Waals surface area (Å²) in [6, 6.07) is 4.06. The average molecular weight is 345 g/mol. The molecule has 2 aliphatic rings. The lowest BCUT2D eigenvalue weighted by Gasteiger charge is -2.21. The molecule has 1 saturated heterocycles. The van der Waals surface area contributed by atoms with Crippen molar-refractivity contribution in [1.29, 1.82) is 0 Å². The van der Waals surface area contributed by atoms with Gasteiger partial charge in [-0.3, -0.25) is 0 Å². The largest absolute Gasteiger partial charge is 0.327 e. The van der Waals surface area contributed by atoms with E-state index in [1.165, 1.54) is 0 Å². The lowest BCUT2D eigenvalue weighted by molar-refractivity contribution is 0.426. The average Bonchev–Trinajstić information content (AvgIpc) is 2.90. The maximum absolute atomic E-state index is 13.0. The Kier molecular flexibility index (Phi) is 4.93. The van der Waals surface area contributed by atoms with Crippen molar-refractivity contribution in [2.45, 2.75) is 44.6 Å². The first-order valence-corrected chi connectivity index (χ1v) is 9.08. The molecule has 3 atom stereocenters. The van der Waals surface area contributed by atoms with E-state index in [1.807, 2.05) is 32.9 Å². The molecular weight excluding hydrogens is 320 g/mol.